The topological polar surface area (TPSA) is 105 Å². The number of carboxylic acid groups (broad SMARTS) is 1. The number of aliphatic carboxylic acids is 1. The van der Waals surface area contributed by atoms with E-state index in [1.807, 2.05) is 6.92 Å². The lowest BCUT2D eigenvalue weighted by Gasteiger charge is -2.42. The number of carbonyl (C=O) groups excluding carboxylic acids is 2. The zero-order chi connectivity index (χ0) is 15.2. The minimum absolute atomic E-state index is 0.00848. The molecule has 0 aliphatic heterocycles. The average molecular weight is 286 g/mol. The predicted molar refractivity (Wildman–Crippen MR) is 71.2 cm³/mol. The third-order valence-corrected chi connectivity index (χ3v) is 3.83. The Morgan fingerprint density at radius 3 is 2.40 bits per heavy atom. The normalized spacial score (nSPS) is 17.5. The van der Waals surface area contributed by atoms with E-state index in [4.69, 9.17) is 5.11 Å². The van der Waals surface area contributed by atoms with Crippen LogP contribution in [0.4, 0.5) is 4.79 Å². The van der Waals surface area contributed by atoms with Crippen LogP contribution in [-0.2, 0) is 14.3 Å². The lowest BCUT2D eigenvalue weighted by Crippen LogP contribution is -2.58. The fourth-order valence-corrected chi connectivity index (χ4v) is 2.23. The largest absolute Gasteiger partial charge is 0.480 e. The Balaban J connectivity index is 2.46. The Kier molecular flexibility index (Phi) is 5.79. The zero-order valence-corrected chi connectivity index (χ0v) is 11.9. The number of amides is 2. The first kappa shape index (κ1) is 16.3. The van der Waals surface area contributed by atoms with Crippen molar-refractivity contribution in [3.8, 4) is 0 Å². The lowest BCUT2D eigenvalue weighted by molar-refractivity contribution is -0.142. The van der Waals surface area contributed by atoms with Gasteiger partial charge in [0.2, 0.25) is 0 Å². The van der Waals surface area contributed by atoms with Gasteiger partial charge in [-0.25, -0.2) is 9.59 Å². The summed E-state index contributed by atoms with van der Waals surface area (Å²) in [5.74, 6) is -1.66. The Morgan fingerprint density at radius 2 is 2.00 bits per heavy atom. The monoisotopic (exact) mass is 286 g/mol. The number of carbonyl (C=O) groups is 3. The van der Waals surface area contributed by atoms with Gasteiger partial charge in [-0.1, -0.05) is 6.92 Å². The number of rotatable bonds is 7. The van der Waals surface area contributed by atoms with Crippen LogP contribution in [0.5, 0.6) is 0 Å². The summed E-state index contributed by atoms with van der Waals surface area (Å²) in [5.41, 5.74) is -0.199. The van der Waals surface area contributed by atoms with Crippen molar-refractivity contribution in [2.45, 2.75) is 57.0 Å². The van der Waals surface area contributed by atoms with Gasteiger partial charge in [-0.15, -0.1) is 0 Å². The van der Waals surface area contributed by atoms with Gasteiger partial charge in [0.15, 0.2) is 0 Å². The highest BCUT2D eigenvalue weighted by atomic mass is 16.5. The van der Waals surface area contributed by atoms with Crippen LogP contribution in [0.2, 0.25) is 0 Å². The van der Waals surface area contributed by atoms with Gasteiger partial charge < -0.3 is 20.5 Å². The molecule has 0 bridgehead atoms. The van der Waals surface area contributed by atoms with E-state index in [1.54, 1.807) is 0 Å². The molecule has 0 aromatic heterocycles. The van der Waals surface area contributed by atoms with Crippen LogP contribution in [0.25, 0.3) is 0 Å². The Morgan fingerprint density at radius 1 is 1.35 bits per heavy atom. The van der Waals surface area contributed by atoms with Crippen molar-refractivity contribution >= 4 is 18.0 Å². The molecule has 7 heteroatoms. The molecular weight excluding hydrogens is 264 g/mol. The van der Waals surface area contributed by atoms with Crippen LogP contribution < -0.4 is 10.6 Å². The van der Waals surface area contributed by atoms with Crippen LogP contribution in [0.3, 0.4) is 0 Å². The number of nitrogens with one attached hydrogen (secondary N) is 2. The first-order valence-electron chi connectivity index (χ1n) is 6.81. The van der Waals surface area contributed by atoms with Gasteiger partial charge in [0, 0.05) is 12.0 Å². The molecule has 0 aromatic rings. The third-order valence-electron chi connectivity index (χ3n) is 3.83. The highest BCUT2D eigenvalue weighted by Crippen LogP contribution is 2.34. The van der Waals surface area contributed by atoms with E-state index in [1.165, 1.54) is 7.11 Å². The van der Waals surface area contributed by atoms with Gasteiger partial charge in [0.05, 0.1) is 7.11 Å². The van der Waals surface area contributed by atoms with Crippen LogP contribution >= 0.6 is 0 Å². The number of carboxylic acids is 1. The standard InChI is InChI=1S/C13H22N2O5/c1-3-13(7-4-8-13)15-12(19)14-9(11(17)18)5-6-10(16)20-2/h9H,3-8H2,1-2H3,(H,17,18)(H2,14,15,19)/t9-/m1/s1. The van der Waals surface area contributed by atoms with Crippen molar-refractivity contribution in [2.75, 3.05) is 7.11 Å². The Bertz CT molecular complexity index is 373. The van der Waals surface area contributed by atoms with Crippen molar-refractivity contribution in [3.63, 3.8) is 0 Å². The first-order chi connectivity index (χ1) is 9.42. The van der Waals surface area contributed by atoms with Crippen molar-refractivity contribution in [2.24, 2.45) is 0 Å². The van der Waals surface area contributed by atoms with Crippen LogP contribution in [-0.4, -0.2) is 41.8 Å². The molecule has 114 valence electrons. The molecule has 1 aliphatic carbocycles. The smallest absolute Gasteiger partial charge is 0.326 e. The van der Waals surface area contributed by atoms with Gasteiger partial charge in [-0.2, -0.15) is 0 Å². The summed E-state index contributed by atoms with van der Waals surface area (Å²) in [6.07, 6.45) is 3.67. The molecular formula is C13H22N2O5. The molecule has 0 saturated heterocycles. The number of urea groups is 1. The maximum Gasteiger partial charge on any atom is 0.326 e. The zero-order valence-electron chi connectivity index (χ0n) is 11.9. The number of hydrogen-bond donors (Lipinski definition) is 3. The van der Waals surface area contributed by atoms with E-state index in [0.717, 1.165) is 25.7 Å². The summed E-state index contributed by atoms with van der Waals surface area (Å²) in [6.45, 7) is 1.99. The number of hydrogen-bond acceptors (Lipinski definition) is 4. The Hall–Kier alpha value is -1.79. The summed E-state index contributed by atoms with van der Waals surface area (Å²) in [7, 11) is 1.24. The number of ether oxygens (including phenoxy) is 1. The van der Waals surface area contributed by atoms with Crippen molar-refractivity contribution < 1.29 is 24.2 Å². The maximum atomic E-state index is 11.8. The lowest BCUT2D eigenvalue weighted by atomic mass is 9.75. The van der Waals surface area contributed by atoms with E-state index in [9.17, 15) is 14.4 Å². The predicted octanol–water partition coefficient (Wildman–Crippen LogP) is 1.02. The molecule has 2 amide bonds. The highest BCUT2D eigenvalue weighted by molar-refractivity contribution is 5.83. The van der Waals surface area contributed by atoms with Gasteiger partial charge in [0.25, 0.3) is 0 Å². The summed E-state index contributed by atoms with van der Waals surface area (Å²) >= 11 is 0. The summed E-state index contributed by atoms with van der Waals surface area (Å²) in [5, 5.41) is 14.3. The van der Waals surface area contributed by atoms with Gasteiger partial charge in [0.1, 0.15) is 6.04 Å². The minimum Gasteiger partial charge on any atom is -0.480 e. The first-order valence-corrected chi connectivity index (χ1v) is 6.81. The van der Waals surface area contributed by atoms with Crippen LogP contribution in [0, 0.1) is 0 Å². The van der Waals surface area contributed by atoms with Crippen molar-refractivity contribution in [3.05, 3.63) is 0 Å². The maximum absolute atomic E-state index is 11.8. The molecule has 1 atom stereocenters. The molecule has 3 N–H and O–H groups in total. The second-order valence-electron chi connectivity index (χ2n) is 5.09. The van der Waals surface area contributed by atoms with Gasteiger partial charge in [-0.3, -0.25) is 4.79 Å². The van der Waals surface area contributed by atoms with Crippen LogP contribution in [0.1, 0.15) is 45.4 Å². The molecule has 1 aliphatic rings. The van der Waals surface area contributed by atoms with Crippen LogP contribution in [0.15, 0.2) is 0 Å². The van der Waals surface area contributed by atoms with E-state index in [0.29, 0.717) is 0 Å². The number of methoxy groups -OCH3 is 1. The van der Waals surface area contributed by atoms with E-state index >= 15 is 0 Å². The average Bonchev–Trinajstić information content (AvgIpc) is 2.37. The molecule has 20 heavy (non-hydrogen) atoms. The second-order valence-corrected chi connectivity index (χ2v) is 5.09. The van der Waals surface area contributed by atoms with Crippen molar-refractivity contribution in [1.29, 1.82) is 0 Å². The highest BCUT2D eigenvalue weighted by Gasteiger charge is 2.37. The van der Waals surface area contributed by atoms with E-state index in [-0.39, 0.29) is 18.4 Å². The molecule has 1 saturated carbocycles. The summed E-state index contributed by atoms with van der Waals surface area (Å²) < 4.78 is 4.45. The van der Waals surface area contributed by atoms with Crippen molar-refractivity contribution in [1.82, 2.24) is 10.6 Å². The molecule has 0 heterocycles. The molecule has 1 fully saturated rings. The van der Waals surface area contributed by atoms with Gasteiger partial charge in [-0.05, 0) is 32.1 Å². The minimum atomic E-state index is -1.16. The molecule has 1 rings (SSSR count). The molecule has 7 nitrogen and oxygen atoms in total. The Labute approximate surface area is 118 Å². The molecule has 0 aromatic carbocycles. The summed E-state index contributed by atoms with van der Waals surface area (Å²) in [4.78, 5) is 33.9. The fourth-order valence-electron chi connectivity index (χ4n) is 2.23. The fraction of sp³-hybridized carbons (Fsp3) is 0.769. The molecule has 0 spiro atoms. The third kappa shape index (κ3) is 4.40. The summed E-state index contributed by atoms with van der Waals surface area (Å²) in [6, 6.07) is -1.59. The van der Waals surface area contributed by atoms with E-state index < -0.39 is 24.0 Å². The quantitative estimate of drug-likeness (QED) is 0.606. The van der Waals surface area contributed by atoms with E-state index in [2.05, 4.69) is 15.4 Å². The molecule has 0 unspecified atom stereocenters. The van der Waals surface area contributed by atoms with Gasteiger partial charge >= 0.3 is 18.0 Å². The molecule has 0 radical (unpaired) electrons. The second kappa shape index (κ2) is 7.12. The SMILES string of the molecule is CCC1(NC(=O)N[C@H](CCC(=O)OC)C(=O)O)CCC1. The number of esters is 1.